The van der Waals surface area contributed by atoms with E-state index in [-0.39, 0.29) is 23.7 Å². The molecule has 24 heavy (non-hydrogen) atoms. The van der Waals surface area contributed by atoms with E-state index < -0.39 is 0 Å². The number of unbranched alkanes of at least 4 members (excludes halogenated alkanes) is 1. The zero-order valence-corrected chi connectivity index (χ0v) is 14.8. The molecule has 3 heterocycles. The maximum atomic E-state index is 12.8. The Balaban J connectivity index is 1.99. The Labute approximate surface area is 144 Å². The molecule has 1 aliphatic heterocycles. The Kier molecular flexibility index (Phi) is 5.18. The Morgan fingerprint density at radius 2 is 1.92 bits per heavy atom. The van der Waals surface area contributed by atoms with Crippen LogP contribution < -0.4 is 11.2 Å². The highest BCUT2D eigenvalue weighted by Gasteiger charge is 2.20. The second-order valence-corrected chi connectivity index (χ2v) is 7.17. The van der Waals surface area contributed by atoms with Crippen LogP contribution in [0.15, 0.2) is 21.0 Å². The van der Waals surface area contributed by atoms with Crippen molar-refractivity contribution in [1.82, 2.24) is 14.0 Å². The van der Waals surface area contributed by atoms with Gasteiger partial charge in [-0.05, 0) is 37.1 Å². The fraction of sp³-hybridized carbons (Fsp3) is 0.588. The standard InChI is InChI=1S/C17H23N3O3S/c1-2-3-10-19-16(22)15-13(7-11-24-15)20(17(19)23)12-14(21)18-8-5-4-6-9-18/h7,11H,2-6,8-10,12H2,1H3. The normalized spacial score (nSPS) is 15.1. The molecule has 1 aliphatic rings. The molecule has 0 bridgehead atoms. The molecule has 0 atom stereocenters. The summed E-state index contributed by atoms with van der Waals surface area (Å²) in [7, 11) is 0. The largest absolute Gasteiger partial charge is 0.341 e. The number of hydrogen-bond acceptors (Lipinski definition) is 4. The molecule has 0 radical (unpaired) electrons. The molecule has 1 amide bonds. The third-order valence-corrected chi connectivity index (χ3v) is 5.47. The molecule has 2 aromatic heterocycles. The quantitative estimate of drug-likeness (QED) is 0.830. The second-order valence-electron chi connectivity index (χ2n) is 6.26. The van der Waals surface area contributed by atoms with E-state index in [0.717, 1.165) is 45.2 Å². The lowest BCUT2D eigenvalue weighted by atomic mass is 10.1. The van der Waals surface area contributed by atoms with Crippen LogP contribution in [0.2, 0.25) is 0 Å². The van der Waals surface area contributed by atoms with Crippen LogP contribution >= 0.6 is 11.3 Å². The van der Waals surface area contributed by atoms with Crippen molar-refractivity contribution in [2.75, 3.05) is 13.1 Å². The lowest BCUT2D eigenvalue weighted by Gasteiger charge is -2.27. The van der Waals surface area contributed by atoms with E-state index in [9.17, 15) is 14.4 Å². The summed E-state index contributed by atoms with van der Waals surface area (Å²) in [4.78, 5) is 39.7. The predicted molar refractivity (Wildman–Crippen MR) is 95.7 cm³/mol. The summed E-state index contributed by atoms with van der Waals surface area (Å²) in [6.45, 7) is 3.96. The molecule has 0 saturated carbocycles. The first kappa shape index (κ1) is 17.0. The first-order valence-electron chi connectivity index (χ1n) is 8.62. The van der Waals surface area contributed by atoms with Crippen LogP contribution in [-0.2, 0) is 17.9 Å². The third kappa shape index (κ3) is 3.17. The van der Waals surface area contributed by atoms with Crippen molar-refractivity contribution in [3.8, 4) is 0 Å². The summed E-state index contributed by atoms with van der Waals surface area (Å²) in [5, 5.41) is 1.80. The maximum absolute atomic E-state index is 12.8. The van der Waals surface area contributed by atoms with Crippen LogP contribution in [0.4, 0.5) is 0 Å². The zero-order chi connectivity index (χ0) is 17.1. The van der Waals surface area contributed by atoms with E-state index in [1.807, 2.05) is 11.8 Å². The average molecular weight is 349 g/mol. The molecule has 7 heteroatoms. The molecule has 3 rings (SSSR count). The highest BCUT2D eigenvalue weighted by molar-refractivity contribution is 7.17. The van der Waals surface area contributed by atoms with Gasteiger partial charge in [0, 0.05) is 19.6 Å². The summed E-state index contributed by atoms with van der Waals surface area (Å²) in [5.41, 5.74) is -0.0297. The number of carbonyl (C=O) groups is 1. The highest BCUT2D eigenvalue weighted by Crippen LogP contribution is 2.16. The van der Waals surface area contributed by atoms with Crippen LogP contribution in [0.1, 0.15) is 39.0 Å². The zero-order valence-electron chi connectivity index (χ0n) is 14.0. The van der Waals surface area contributed by atoms with Crippen molar-refractivity contribution in [1.29, 1.82) is 0 Å². The van der Waals surface area contributed by atoms with Gasteiger partial charge in [0.2, 0.25) is 5.91 Å². The second kappa shape index (κ2) is 7.34. The number of piperidine rings is 1. The molecule has 0 N–H and O–H groups in total. The monoisotopic (exact) mass is 349 g/mol. The Bertz CT molecular complexity index is 843. The number of aromatic nitrogens is 2. The smallest absolute Gasteiger partial charge is 0.332 e. The molecular formula is C17H23N3O3S. The number of fused-ring (bicyclic) bond motifs is 1. The van der Waals surface area contributed by atoms with Crippen molar-refractivity contribution < 1.29 is 4.79 Å². The molecule has 6 nitrogen and oxygen atoms in total. The number of carbonyl (C=O) groups excluding carboxylic acids is 1. The minimum absolute atomic E-state index is 0.0124. The van der Waals surface area contributed by atoms with Gasteiger partial charge in [-0.25, -0.2) is 4.79 Å². The number of nitrogens with zero attached hydrogens (tertiary/aromatic N) is 3. The number of amides is 1. The number of hydrogen-bond donors (Lipinski definition) is 0. The highest BCUT2D eigenvalue weighted by atomic mass is 32.1. The molecule has 0 aromatic carbocycles. The summed E-state index contributed by atoms with van der Waals surface area (Å²) in [5.74, 6) is -0.0370. The van der Waals surface area contributed by atoms with Gasteiger partial charge in [-0.2, -0.15) is 0 Å². The SMILES string of the molecule is CCCCn1c(=O)c2sccc2n(CC(=O)N2CCCCC2)c1=O. The van der Waals surface area contributed by atoms with E-state index in [1.54, 1.807) is 11.4 Å². The molecule has 0 aliphatic carbocycles. The van der Waals surface area contributed by atoms with Crippen LogP contribution in [0.25, 0.3) is 10.2 Å². The number of thiophene rings is 1. The molecule has 1 fully saturated rings. The maximum Gasteiger partial charge on any atom is 0.332 e. The molecule has 0 unspecified atom stereocenters. The van der Waals surface area contributed by atoms with Crippen molar-refractivity contribution in [3.63, 3.8) is 0 Å². The van der Waals surface area contributed by atoms with Crippen LogP contribution in [-0.4, -0.2) is 33.0 Å². The topological polar surface area (TPSA) is 64.3 Å². The van der Waals surface area contributed by atoms with Crippen molar-refractivity contribution in [2.45, 2.75) is 52.1 Å². The minimum Gasteiger partial charge on any atom is -0.341 e. The minimum atomic E-state index is -0.371. The molecule has 1 saturated heterocycles. The van der Waals surface area contributed by atoms with Gasteiger partial charge in [0.25, 0.3) is 5.56 Å². The average Bonchev–Trinajstić information content (AvgIpc) is 3.09. The lowest BCUT2D eigenvalue weighted by molar-refractivity contribution is -0.132. The Morgan fingerprint density at radius 1 is 1.17 bits per heavy atom. The van der Waals surface area contributed by atoms with Gasteiger partial charge in [-0.15, -0.1) is 11.3 Å². The summed E-state index contributed by atoms with van der Waals surface area (Å²) in [6, 6.07) is 1.76. The van der Waals surface area contributed by atoms with Gasteiger partial charge in [0.1, 0.15) is 11.2 Å². The molecule has 0 spiro atoms. The van der Waals surface area contributed by atoms with E-state index in [0.29, 0.717) is 16.8 Å². The van der Waals surface area contributed by atoms with E-state index in [2.05, 4.69) is 0 Å². The predicted octanol–water partition coefficient (Wildman–Crippen LogP) is 2.04. The van der Waals surface area contributed by atoms with Crippen molar-refractivity contribution in [2.24, 2.45) is 0 Å². The molecule has 130 valence electrons. The number of rotatable bonds is 5. The Hall–Kier alpha value is -1.89. The van der Waals surface area contributed by atoms with Crippen LogP contribution in [0.5, 0.6) is 0 Å². The van der Waals surface area contributed by atoms with E-state index in [4.69, 9.17) is 0 Å². The summed E-state index contributed by atoms with van der Waals surface area (Å²) in [6.07, 6.45) is 4.86. The fourth-order valence-corrected chi connectivity index (χ4v) is 4.02. The van der Waals surface area contributed by atoms with Crippen LogP contribution in [0.3, 0.4) is 0 Å². The lowest BCUT2D eigenvalue weighted by Crippen LogP contribution is -2.44. The van der Waals surface area contributed by atoms with Crippen molar-refractivity contribution >= 4 is 27.5 Å². The molecular weight excluding hydrogens is 326 g/mol. The van der Waals surface area contributed by atoms with Gasteiger partial charge in [0.15, 0.2) is 0 Å². The number of likely N-dealkylation sites (tertiary alicyclic amines) is 1. The third-order valence-electron chi connectivity index (χ3n) is 4.57. The van der Waals surface area contributed by atoms with Gasteiger partial charge >= 0.3 is 5.69 Å². The summed E-state index contributed by atoms with van der Waals surface area (Å²) < 4.78 is 3.31. The summed E-state index contributed by atoms with van der Waals surface area (Å²) >= 11 is 1.33. The van der Waals surface area contributed by atoms with Crippen LogP contribution in [0, 0.1) is 0 Å². The molecule has 2 aromatic rings. The van der Waals surface area contributed by atoms with Gasteiger partial charge < -0.3 is 4.90 Å². The fourth-order valence-electron chi connectivity index (χ4n) is 3.18. The first-order valence-corrected chi connectivity index (χ1v) is 9.50. The Morgan fingerprint density at radius 3 is 2.62 bits per heavy atom. The first-order chi connectivity index (χ1) is 11.6. The van der Waals surface area contributed by atoms with E-state index in [1.165, 1.54) is 20.5 Å². The van der Waals surface area contributed by atoms with Gasteiger partial charge in [-0.3, -0.25) is 18.7 Å². The van der Waals surface area contributed by atoms with Gasteiger partial charge in [-0.1, -0.05) is 13.3 Å². The van der Waals surface area contributed by atoms with Gasteiger partial charge in [0.05, 0.1) is 5.52 Å². The van der Waals surface area contributed by atoms with Crippen molar-refractivity contribution in [3.05, 3.63) is 32.3 Å². The van der Waals surface area contributed by atoms with E-state index >= 15 is 0 Å².